The molecule has 28 heavy (non-hydrogen) atoms. The second-order valence-electron chi connectivity index (χ2n) is 7.24. The Kier molecular flexibility index (Phi) is 5.48. The summed E-state index contributed by atoms with van der Waals surface area (Å²) in [6.45, 7) is 3.95. The minimum atomic E-state index is -0.268. The molecule has 1 aliphatic rings. The number of H-pyrrole nitrogens is 1. The molecule has 4 rings (SSSR count). The molecule has 0 unspecified atom stereocenters. The minimum Gasteiger partial charge on any atom is -0.348 e. The number of hydrogen-bond acceptors (Lipinski definition) is 4. The SMILES string of the molecule is Cc1ccc(-c2nc(S[C@H](C)C(=O)N[C@@H]3CCCc4ccccc43)n[nH]2)cc1. The average molecular weight is 393 g/mol. The molecular weight excluding hydrogens is 368 g/mol. The highest BCUT2D eigenvalue weighted by Gasteiger charge is 2.24. The van der Waals surface area contributed by atoms with Gasteiger partial charge >= 0.3 is 0 Å². The van der Waals surface area contributed by atoms with Crippen molar-refractivity contribution in [1.82, 2.24) is 20.5 Å². The molecule has 2 atom stereocenters. The van der Waals surface area contributed by atoms with Crippen LogP contribution in [-0.2, 0) is 11.2 Å². The number of hydrogen-bond donors (Lipinski definition) is 2. The highest BCUT2D eigenvalue weighted by Crippen LogP contribution is 2.30. The molecule has 1 heterocycles. The first-order valence-electron chi connectivity index (χ1n) is 9.64. The van der Waals surface area contributed by atoms with Gasteiger partial charge in [0.1, 0.15) is 0 Å². The van der Waals surface area contributed by atoms with Gasteiger partial charge in [0.2, 0.25) is 11.1 Å². The molecule has 0 bridgehead atoms. The lowest BCUT2D eigenvalue weighted by molar-refractivity contribution is -0.121. The molecule has 0 spiro atoms. The monoisotopic (exact) mass is 392 g/mol. The number of fused-ring (bicyclic) bond motifs is 1. The van der Waals surface area contributed by atoms with E-state index in [4.69, 9.17) is 0 Å². The number of carbonyl (C=O) groups excluding carboxylic acids is 1. The third-order valence-corrected chi connectivity index (χ3v) is 6.09. The van der Waals surface area contributed by atoms with Gasteiger partial charge < -0.3 is 5.32 Å². The van der Waals surface area contributed by atoms with Crippen LogP contribution in [0.25, 0.3) is 11.4 Å². The smallest absolute Gasteiger partial charge is 0.233 e. The van der Waals surface area contributed by atoms with Crippen LogP contribution in [0.2, 0.25) is 0 Å². The van der Waals surface area contributed by atoms with Crippen LogP contribution in [-0.4, -0.2) is 26.3 Å². The van der Waals surface area contributed by atoms with Crippen molar-refractivity contribution >= 4 is 17.7 Å². The van der Waals surface area contributed by atoms with Gasteiger partial charge in [-0.15, -0.1) is 5.10 Å². The van der Waals surface area contributed by atoms with Crippen LogP contribution < -0.4 is 5.32 Å². The van der Waals surface area contributed by atoms with Crippen LogP contribution in [0.15, 0.2) is 53.7 Å². The molecule has 1 amide bonds. The van der Waals surface area contributed by atoms with Gasteiger partial charge in [-0.3, -0.25) is 9.89 Å². The number of aromatic nitrogens is 3. The first kappa shape index (κ1) is 18.7. The lowest BCUT2D eigenvalue weighted by Gasteiger charge is -2.27. The number of nitrogens with one attached hydrogen (secondary N) is 2. The quantitative estimate of drug-likeness (QED) is 0.629. The van der Waals surface area contributed by atoms with Crippen molar-refractivity contribution in [3.05, 3.63) is 65.2 Å². The van der Waals surface area contributed by atoms with E-state index in [1.165, 1.54) is 28.5 Å². The van der Waals surface area contributed by atoms with Gasteiger partial charge in [0.25, 0.3) is 0 Å². The summed E-state index contributed by atoms with van der Waals surface area (Å²) in [6, 6.07) is 16.6. The number of nitrogens with zero attached hydrogens (tertiary/aromatic N) is 2. The lowest BCUT2D eigenvalue weighted by atomic mass is 9.88. The predicted molar refractivity (Wildman–Crippen MR) is 112 cm³/mol. The van der Waals surface area contributed by atoms with E-state index >= 15 is 0 Å². The fraction of sp³-hybridized carbons (Fsp3) is 0.318. The highest BCUT2D eigenvalue weighted by molar-refractivity contribution is 8.00. The number of aryl methyl sites for hydroxylation is 2. The molecule has 0 fully saturated rings. The minimum absolute atomic E-state index is 0.0217. The number of amides is 1. The number of carbonyl (C=O) groups is 1. The first-order valence-corrected chi connectivity index (χ1v) is 10.5. The maximum Gasteiger partial charge on any atom is 0.233 e. The molecule has 0 radical (unpaired) electrons. The van der Waals surface area contributed by atoms with Crippen molar-refractivity contribution in [2.24, 2.45) is 0 Å². The van der Waals surface area contributed by atoms with Crippen LogP contribution in [0.5, 0.6) is 0 Å². The van der Waals surface area contributed by atoms with Crippen LogP contribution in [0, 0.1) is 6.92 Å². The Morgan fingerprint density at radius 2 is 2.00 bits per heavy atom. The second kappa shape index (κ2) is 8.19. The number of rotatable bonds is 5. The van der Waals surface area contributed by atoms with Crippen molar-refractivity contribution in [2.75, 3.05) is 0 Å². The van der Waals surface area contributed by atoms with Crippen LogP contribution >= 0.6 is 11.8 Å². The van der Waals surface area contributed by atoms with E-state index in [1.54, 1.807) is 0 Å². The average Bonchev–Trinajstić information content (AvgIpc) is 3.17. The third kappa shape index (κ3) is 4.12. The maximum atomic E-state index is 12.7. The number of thioether (sulfide) groups is 1. The van der Waals surface area contributed by atoms with Crippen LogP contribution in [0.4, 0.5) is 0 Å². The summed E-state index contributed by atoms with van der Waals surface area (Å²) in [5.41, 5.74) is 4.78. The molecule has 0 saturated heterocycles. The van der Waals surface area contributed by atoms with Crippen molar-refractivity contribution in [1.29, 1.82) is 0 Å². The normalized spacial score (nSPS) is 17.0. The summed E-state index contributed by atoms with van der Waals surface area (Å²) in [5, 5.41) is 10.8. The van der Waals surface area contributed by atoms with Gasteiger partial charge in [-0.05, 0) is 44.2 Å². The number of aromatic amines is 1. The molecule has 2 aromatic carbocycles. The van der Waals surface area contributed by atoms with E-state index in [-0.39, 0.29) is 17.2 Å². The summed E-state index contributed by atoms with van der Waals surface area (Å²) >= 11 is 1.37. The Bertz CT molecular complexity index is 967. The third-order valence-electron chi connectivity index (χ3n) is 5.13. The van der Waals surface area contributed by atoms with Gasteiger partial charge in [0.05, 0.1) is 11.3 Å². The molecule has 2 N–H and O–H groups in total. The molecule has 144 valence electrons. The molecule has 3 aromatic rings. The molecule has 1 aliphatic carbocycles. The van der Waals surface area contributed by atoms with Crippen molar-refractivity contribution in [3.63, 3.8) is 0 Å². The Balaban J connectivity index is 1.40. The largest absolute Gasteiger partial charge is 0.348 e. The Morgan fingerprint density at radius 1 is 1.21 bits per heavy atom. The molecule has 0 aliphatic heterocycles. The van der Waals surface area contributed by atoms with Gasteiger partial charge in [-0.2, -0.15) is 0 Å². The van der Waals surface area contributed by atoms with Gasteiger partial charge in [0, 0.05) is 5.56 Å². The Morgan fingerprint density at radius 3 is 2.82 bits per heavy atom. The number of benzene rings is 2. The summed E-state index contributed by atoms with van der Waals surface area (Å²) in [6.07, 6.45) is 3.18. The fourth-order valence-electron chi connectivity index (χ4n) is 3.54. The molecular formula is C22H24N4OS. The van der Waals surface area contributed by atoms with E-state index in [0.717, 1.165) is 30.7 Å². The molecule has 5 nitrogen and oxygen atoms in total. The second-order valence-corrected chi connectivity index (χ2v) is 8.55. The molecule has 1 aromatic heterocycles. The first-order chi connectivity index (χ1) is 13.6. The summed E-state index contributed by atoms with van der Waals surface area (Å²) in [7, 11) is 0. The van der Waals surface area contributed by atoms with E-state index in [2.05, 4.69) is 45.6 Å². The van der Waals surface area contributed by atoms with E-state index in [1.807, 2.05) is 37.3 Å². The molecule has 6 heteroatoms. The highest BCUT2D eigenvalue weighted by atomic mass is 32.2. The van der Waals surface area contributed by atoms with Gasteiger partial charge in [-0.25, -0.2) is 4.98 Å². The Hall–Kier alpha value is -2.60. The van der Waals surface area contributed by atoms with Crippen molar-refractivity contribution < 1.29 is 4.79 Å². The summed E-state index contributed by atoms with van der Waals surface area (Å²) in [4.78, 5) is 17.3. The van der Waals surface area contributed by atoms with Gasteiger partial charge in [0.15, 0.2) is 5.82 Å². The molecule has 0 saturated carbocycles. The van der Waals surface area contributed by atoms with Crippen LogP contribution in [0.1, 0.15) is 42.5 Å². The van der Waals surface area contributed by atoms with E-state index in [9.17, 15) is 4.79 Å². The van der Waals surface area contributed by atoms with Crippen LogP contribution in [0.3, 0.4) is 0 Å². The zero-order chi connectivity index (χ0) is 19.5. The van der Waals surface area contributed by atoms with Gasteiger partial charge in [-0.1, -0.05) is 65.9 Å². The van der Waals surface area contributed by atoms with Crippen molar-refractivity contribution in [2.45, 2.75) is 49.6 Å². The maximum absolute atomic E-state index is 12.7. The predicted octanol–water partition coefficient (Wildman–Crippen LogP) is 4.45. The van der Waals surface area contributed by atoms with Crippen molar-refractivity contribution in [3.8, 4) is 11.4 Å². The zero-order valence-corrected chi connectivity index (χ0v) is 16.9. The lowest BCUT2D eigenvalue weighted by Crippen LogP contribution is -2.35. The van der Waals surface area contributed by atoms with E-state index in [0.29, 0.717) is 5.16 Å². The summed E-state index contributed by atoms with van der Waals surface area (Å²) in [5.74, 6) is 0.740. The standard InChI is InChI=1S/C22H24N4OS/c1-14-10-12-17(13-11-14)20-24-22(26-25-20)28-15(2)21(27)23-19-9-5-7-16-6-3-4-8-18(16)19/h3-4,6,8,10-13,15,19H,5,7,9H2,1-2H3,(H,23,27)(H,24,25,26)/t15-,19-/m1/s1. The van der Waals surface area contributed by atoms with E-state index < -0.39 is 0 Å². The topological polar surface area (TPSA) is 70.7 Å². The zero-order valence-electron chi connectivity index (χ0n) is 16.1. The summed E-state index contributed by atoms with van der Waals surface area (Å²) < 4.78 is 0. The fourth-order valence-corrected chi connectivity index (χ4v) is 4.28. The Labute approximate surface area is 169 Å².